The van der Waals surface area contributed by atoms with Gasteiger partial charge in [-0.05, 0) is 25.1 Å². The molecular weight excluding hydrogens is 214 g/mol. The Labute approximate surface area is 101 Å². The van der Waals surface area contributed by atoms with Crippen molar-refractivity contribution in [2.24, 2.45) is 0 Å². The number of likely N-dealkylation sites (N-methyl/N-ethyl adjacent to an activating group) is 1. The van der Waals surface area contributed by atoms with Crippen LogP contribution in [0, 0.1) is 0 Å². The fourth-order valence-electron chi connectivity index (χ4n) is 1.78. The number of para-hydroxylation sites is 1. The number of hydrogen-bond donors (Lipinski definition) is 0. The lowest BCUT2D eigenvalue weighted by atomic mass is 10.2. The van der Waals surface area contributed by atoms with Crippen LogP contribution in [-0.2, 0) is 0 Å². The molecule has 0 radical (unpaired) electrons. The topological polar surface area (TPSA) is 3.24 Å². The van der Waals surface area contributed by atoms with E-state index >= 15 is 0 Å². The first-order chi connectivity index (χ1) is 7.77. The van der Waals surface area contributed by atoms with Gasteiger partial charge in [0, 0.05) is 16.8 Å². The summed E-state index contributed by atoms with van der Waals surface area (Å²) in [5.74, 6) is 0. The van der Waals surface area contributed by atoms with E-state index in [0.29, 0.717) is 0 Å². The van der Waals surface area contributed by atoms with Gasteiger partial charge in [0.2, 0.25) is 0 Å². The number of rotatable bonds is 2. The van der Waals surface area contributed by atoms with Gasteiger partial charge in [-0.25, -0.2) is 0 Å². The molecule has 16 heavy (non-hydrogen) atoms. The van der Waals surface area contributed by atoms with Gasteiger partial charge >= 0.3 is 0 Å². The van der Waals surface area contributed by atoms with E-state index in [9.17, 15) is 0 Å². The lowest BCUT2D eigenvalue weighted by molar-refractivity contribution is 1.09. The standard InChI is InChI=1S/C14H15NS/c1-4-8-11-13(5-2)16-14-10-7-6-9-12(14)15(11)3/h4-10H,2H2,1,3H3/b8-4-. The van der Waals surface area contributed by atoms with Crippen LogP contribution in [0.4, 0.5) is 5.69 Å². The fourth-order valence-corrected chi connectivity index (χ4v) is 2.87. The average molecular weight is 229 g/mol. The minimum atomic E-state index is 1.21. The molecule has 0 amide bonds. The summed E-state index contributed by atoms with van der Waals surface area (Å²) in [6.07, 6.45) is 6.11. The van der Waals surface area contributed by atoms with Crippen LogP contribution in [0.1, 0.15) is 6.92 Å². The van der Waals surface area contributed by atoms with Crippen molar-refractivity contribution in [3.05, 3.63) is 59.7 Å². The molecule has 1 aromatic rings. The molecule has 0 N–H and O–H groups in total. The van der Waals surface area contributed by atoms with Crippen LogP contribution in [-0.4, -0.2) is 7.05 Å². The molecule has 0 bridgehead atoms. The highest BCUT2D eigenvalue weighted by Crippen LogP contribution is 2.43. The molecule has 0 aliphatic carbocycles. The molecule has 0 aromatic heterocycles. The molecule has 1 nitrogen and oxygen atoms in total. The Morgan fingerprint density at radius 2 is 2.06 bits per heavy atom. The summed E-state index contributed by atoms with van der Waals surface area (Å²) < 4.78 is 0. The lowest BCUT2D eigenvalue weighted by Crippen LogP contribution is -2.19. The fraction of sp³-hybridized carbons (Fsp3) is 0.143. The van der Waals surface area contributed by atoms with Crippen LogP contribution >= 0.6 is 11.8 Å². The summed E-state index contributed by atoms with van der Waals surface area (Å²) >= 11 is 1.78. The van der Waals surface area contributed by atoms with Crippen molar-refractivity contribution < 1.29 is 0 Å². The maximum atomic E-state index is 3.88. The third-order valence-corrected chi connectivity index (χ3v) is 3.73. The van der Waals surface area contributed by atoms with Gasteiger partial charge in [0.1, 0.15) is 0 Å². The van der Waals surface area contributed by atoms with Gasteiger partial charge in [0.15, 0.2) is 0 Å². The summed E-state index contributed by atoms with van der Waals surface area (Å²) in [6.45, 7) is 5.92. The van der Waals surface area contributed by atoms with E-state index < -0.39 is 0 Å². The minimum Gasteiger partial charge on any atom is -0.343 e. The number of nitrogens with zero attached hydrogens (tertiary/aromatic N) is 1. The van der Waals surface area contributed by atoms with E-state index in [1.807, 2.05) is 13.0 Å². The van der Waals surface area contributed by atoms with Gasteiger partial charge in [-0.3, -0.25) is 0 Å². The molecule has 0 saturated heterocycles. The highest BCUT2D eigenvalue weighted by atomic mass is 32.2. The Bertz CT molecular complexity index is 471. The Kier molecular flexibility index (Phi) is 3.20. The van der Waals surface area contributed by atoms with Gasteiger partial charge < -0.3 is 4.90 Å². The first-order valence-corrected chi connectivity index (χ1v) is 6.09. The summed E-state index contributed by atoms with van der Waals surface area (Å²) in [7, 11) is 2.09. The monoisotopic (exact) mass is 229 g/mol. The second-order valence-electron chi connectivity index (χ2n) is 3.58. The van der Waals surface area contributed by atoms with Crippen LogP contribution in [0.3, 0.4) is 0 Å². The number of allylic oxidation sites excluding steroid dienone is 3. The van der Waals surface area contributed by atoms with E-state index in [-0.39, 0.29) is 0 Å². The number of fused-ring (bicyclic) bond motifs is 1. The highest BCUT2D eigenvalue weighted by molar-refractivity contribution is 8.03. The molecule has 0 fully saturated rings. The summed E-state index contributed by atoms with van der Waals surface area (Å²) in [4.78, 5) is 4.70. The number of anilines is 1. The molecule has 1 heterocycles. The zero-order chi connectivity index (χ0) is 11.5. The lowest BCUT2D eigenvalue weighted by Gasteiger charge is -2.29. The van der Waals surface area contributed by atoms with Crippen LogP contribution in [0.2, 0.25) is 0 Å². The first kappa shape index (κ1) is 11.1. The first-order valence-electron chi connectivity index (χ1n) is 5.28. The Balaban J connectivity index is 2.53. The van der Waals surface area contributed by atoms with Crippen LogP contribution in [0.15, 0.2) is 64.6 Å². The second-order valence-corrected chi connectivity index (χ2v) is 4.67. The van der Waals surface area contributed by atoms with Crippen molar-refractivity contribution in [3.63, 3.8) is 0 Å². The Morgan fingerprint density at radius 1 is 1.31 bits per heavy atom. The van der Waals surface area contributed by atoms with Gasteiger partial charge in [-0.1, -0.05) is 42.6 Å². The van der Waals surface area contributed by atoms with E-state index in [0.717, 1.165) is 0 Å². The third kappa shape index (κ3) is 1.81. The molecule has 2 rings (SSSR count). The van der Waals surface area contributed by atoms with E-state index in [4.69, 9.17) is 0 Å². The molecule has 0 spiro atoms. The smallest absolute Gasteiger partial charge is 0.0550 e. The predicted octanol–water partition coefficient (Wildman–Crippen LogP) is 4.20. The maximum Gasteiger partial charge on any atom is 0.0550 e. The third-order valence-electron chi connectivity index (χ3n) is 2.57. The average Bonchev–Trinajstić information content (AvgIpc) is 2.33. The summed E-state index contributed by atoms with van der Waals surface area (Å²) in [5, 5.41) is 0. The molecular formula is C14H15NS. The predicted molar refractivity (Wildman–Crippen MR) is 72.7 cm³/mol. The quantitative estimate of drug-likeness (QED) is 0.747. The molecule has 82 valence electrons. The zero-order valence-electron chi connectivity index (χ0n) is 9.60. The van der Waals surface area contributed by atoms with Crippen LogP contribution in [0.5, 0.6) is 0 Å². The maximum absolute atomic E-state index is 3.88. The van der Waals surface area contributed by atoms with Crippen LogP contribution < -0.4 is 4.90 Å². The molecule has 1 aliphatic rings. The number of benzene rings is 1. The molecule has 0 atom stereocenters. The normalized spacial score (nSPS) is 15.5. The number of hydrogen-bond acceptors (Lipinski definition) is 2. The van der Waals surface area contributed by atoms with E-state index in [1.54, 1.807) is 11.8 Å². The second kappa shape index (κ2) is 4.62. The molecule has 0 unspecified atom stereocenters. The zero-order valence-corrected chi connectivity index (χ0v) is 10.4. The Morgan fingerprint density at radius 3 is 2.75 bits per heavy atom. The largest absolute Gasteiger partial charge is 0.343 e. The van der Waals surface area contributed by atoms with Gasteiger partial charge in [0.05, 0.1) is 11.4 Å². The summed E-state index contributed by atoms with van der Waals surface area (Å²) in [6, 6.07) is 8.43. The molecule has 1 aliphatic heterocycles. The van der Waals surface area contributed by atoms with E-state index in [1.165, 1.54) is 21.2 Å². The minimum absolute atomic E-state index is 1.21. The summed E-state index contributed by atoms with van der Waals surface area (Å²) in [5.41, 5.74) is 2.47. The number of thioether (sulfide) groups is 1. The molecule has 0 saturated carbocycles. The molecule has 2 heteroatoms. The van der Waals surface area contributed by atoms with Crippen molar-refractivity contribution in [2.45, 2.75) is 11.8 Å². The molecule has 1 aromatic carbocycles. The highest BCUT2D eigenvalue weighted by Gasteiger charge is 2.19. The van der Waals surface area contributed by atoms with Crippen LogP contribution in [0.25, 0.3) is 0 Å². The van der Waals surface area contributed by atoms with Crippen molar-refractivity contribution in [1.82, 2.24) is 0 Å². The van der Waals surface area contributed by atoms with E-state index in [2.05, 4.69) is 54.9 Å². The van der Waals surface area contributed by atoms with Crippen molar-refractivity contribution in [2.75, 3.05) is 11.9 Å². The van der Waals surface area contributed by atoms with Crippen molar-refractivity contribution in [3.8, 4) is 0 Å². The SMILES string of the molecule is C=CC1=C(/C=C\C)N(C)c2ccccc2S1. The van der Waals surface area contributed by atoms with Crippen molar-refractivity contribution in [1.29, 1.82) is 0 Å². The van der Waals surface area contributed by atoms with Crippen molar-refractivity contribution >= 4 is 17.4 Å². The Hall–Kier alpha value is -1.41. The van der Waals surface area contributed by atoms with Gasteiger partial charge in [-0.2, -0.15) is 0 Å². The van der Waals surface area contributed by atoms with Gasteiger partial charge in [-0.15, -0.1) is 0 Å². The van der Waals surface area contributed by atoms with Gasteiger partial charge in [0.25, 0.3) is 0 Å².